The van der Waals surface area contributed by atoms with Gasteiger partial charge >= 0.3 is 5.97 Å². The summed E-state index contributed by atoms with van der Waals surface area (Å²) in [5.74, 6) is -1.24. The van der Waals surface area contributed by atoms with E-state index in [-0.39, 0.29) is 35.3 Å². The number of hydrogen-bond donors (Lipinski definition) is 2. The zero-order valence-electron chi connectivity index (χ0n) is 10.7. The predicted molar refractivity (Wildman–Crippen MR) is 68.3 cm³/mol. The molecule has 1 atom stereocenters. The Morgan fingerprint density at radius 3 is 2.05 bits per heavy atom. The van der Waals surface area contributed by atoms with Crippen LogP contribution in [0.2, 0.25) is 0 Å². The van der Waals surface area contributed by atoms with Gasteiger partial charge in [0.15, 0.2) is 9.84 Å². The maximum Gasteiger partial charge on any atom is 0.306 e. The Labute approximate surface area is 112 Å². The number of amides is 1. The first-order valence-electron chi connectivity index (χ1n) is 6.61. The van der Waals surface area contributed by atoms with Crippen LogP contribution in [0.5, 0.6) is 0 Å². The van der Waals surface area contributed by atoms with Gasteiger partial charge in [-0.2, -0.15) is 0 Å². The number of carbonyl (C=O) groups is 2. The van der Waals surface area contributed by atoms with Crippen LogP contribution in [0.3, 0.4) is 0 Å². The van der Waals surface area contributed by atoms with Crippen molar-refractivity contribution in [2.45, 2.75) is 38.1 Å². The smallest absolute Gasteiger partial charge is 0.306 e. The molecule has 0 aromatic heterocycles. The molecule has 2 N–H and O–H groups in total. The molecule has 1 heterocycles. The first kappa shape index (κ1) is 14.3. The molecule has 1 amide bonds. The summed E-state index contributed by atoms with van der Waals surface area (Å²) in [4.78, 5) is 22.8. The van der Waals surface area contributed by atoms with Gasteiger partial charge in [-0.15, -0.1) is 0 Å². The second-order valence-corrected chi connectivity index (χ2v) is 7.72. The molecule has 1 unspecified atom stereocenters. The van der Waals surface area contributed by atoms with Gasteiger partial charge in [0.25, 0.3) is 0 Å². The highest BCUT2D eigenvalue weighted by molar-refractivity contribution is 7.91. The number of nitrogens with one attached hydrogen (secondary N) is 1. The zero-order valence-corrected chi connectivity index (χ0v) is 11.5. The summed E-state index contributed by atoms with van der Waals surface area (Å²) in [5.41, 5.74) is 0. The van der Waals surface area contributed by atoms with E-state index in [0.717, 1.165) is 0 Å². The van der Waals surface area contributed by atoms with E-state index in [9.17, 15) is 18.0 Å². The Kier molecular flexibility index (Phi) is 4.13. The van der Waals surface area contributed by atoms with Crippen molar-refractivity contribution in [2.75, 3.05) is 11.5 Å². The minimum atomic E-state index is -2.98. The van der Waals surface area contributed by atoms with Gasteiger partial charge in [0.1, 0.15) is 0 Å². The Morgan fingerprint density at radius 1 is 1.00 bits per heavy atom. The van der Waals surface area contributed by atoms with Crippen LogP contribution in [0.15, 0.2) is 0 Å². The highest BCUT2D eigenvalue weighted by Crippen LogP contribution is 2.29. The van der Waals surface area contributed by atoms with Gasteiger partial charge in [-0.25, -0.2) is 8.42 Å². The van der Waals surface area contributed by atoms with E-state index in [0.29, 0.717) is 32.1 Å². The zero-order chi connectivity index (χ0) is 14.0. The molecule has 7 heteroatoms. The lowest BCUT2D eigenvalue weighted by Crippen LogP contribution is -2.41. The third-order valence-corrected chi connectivity index (χ3v) is 5.79. The van der Waals surface area contributed by atoms with Crippen LogP contribution < -0.4 is 5.32 Å². The molecule has 0 radical (unpaired) electrons. The molecule has 19 heavy (non-hydrogen) atoms. The maximum absolute atomic E-state index is 12.0. The van der Waals surface area contributed by atoms with Gasteiger partial charge in [-0.3, -0.25) is 9.59 Å². The number of rotatable bonds is 3. The summed E-state index contributed by atoms with van der Waals surface area (Å²) in [5, 5.41) is 11.7. The molecule has 0 spiro atoms. The maximum atomic E-state index is 12.0. The number of hydrogen-bond acceptors (Lipinski definition) is 4. The molecule has 1 aliphatic carbocycles. The lowest BCUT2D eigenvalue weighted by atomic mass is 9.81. The molecule has 1 saturated carbocycles. The van der Waals surface area contributed by atoms with E-state index in [4.69, 9.17) is 5.11 Å². The van der Waals surface area contributed by atoms with Crippen LogP contribution in [-0.2, 0) is 19.4 Å². The molecule has 0 aromatic carbocycles. The van der Waals surface area contributed by atoms with Gasteiger partial charge in [-0.1, -0.05) is 0 Å². The Balaban J connectivity index is 1.81. The summed E-state index contributed by atoms with van der Waals surface area (Å²) < 4.78 is 22.6. The highest BCUT2D eigenvalue weighted by Gasteiger charge is 2.33. The van der Waals surface area contributed by atoms with Crippen LogP contribution in [0.4, 0.5) is 0 Å². The van der Waals surface area contributed by atoms with E-state index in [2.05, 4.69) is 5.32 Å². The summed E-state index contributed by atoms with van der Waals surface area (Å²) in [6.45, 7) is 0. The first-order chi connectivity index (χ1) is 8.87. The third-order valence-electron chi connectivity index (χ3n) is 4.03. The van der Waals surface area contributed by atoms with Crippen LogP contribution in [0.1, 0.15) is 32.1 Å². The number of carboxylic acids is 1. The normalized spacial score (nSPS) is 33.8. The molecule has 2 fully saturated rings. The van der Waals surface area contributed by atoms with E-state index < -0.39 is 15.8 Å². The van der Waals surface area contributed by atoms with Crippen LogP contribution >= 0.6 is 0 Å². The van der Waals surface area contributed by atoms with Crippen LogP contribution in [0.25, 0.3) is 0 Å². The Morgan fingerprint density at radius 2 is 1.58 bits per heavy atom. The van der Waals surface area contributed by atoms with E-state index >= 15 is 0 Å². The number of carboxylic acid groups (broad SMARTS) is 1. The van der Waals surface area contributed by atoms with Gasteiger partial charge < -0.3 is 10.4 Å². The van der Waals surface area contributed by atoms with Crippen LogP contribution in [0, 0.1) is 11.8 Å². The second kappa shape index (κ2) is 5.48. The van der Waals surface area contributed by atoms with Crippen molar-refractivity contribution in [3.8, 4) is 0 Å². The summed E-state index contributed by atoms with van der Waals surface area (Å²) in [6, 6.07) is -0.269. The van der Waals surface area contributed by atoms with Crippen molar-refractivity contribution in [2.24, 2.45) is 11.8 Å². The number of sulfone groups is 1. The fourth-order valence-corrected chi connectivity index (χ4v) is 4.50. The van der Waals surface area contributed by atoms with Crippen molar-refractivity contribution in [1.82, 2.24) is 5.32 Å². The number of aliphatic carboxylic acids is 1. The lowest BCUT2D eigenvalue weighted by molar-refractivity contribution is -0.144. The van der Waals surface area contributed by atoms with E-state index in [1.807, 2.05) is 0 Å². The molecule has 108 valence electrons. The van der Waals surface area contributed by atoms with E-state index in [1.54, 1.807) is 0 Å². The van der Waals surface area contributed by atoms with Crippen molar-refractivity contribution in [1.29, 1.82) is 0 Å². The summed E-state index contributed by atoms with van der Waals surface area (Å²) in [6.07, 6.45) is 2.68. The largest absolute Gasteiger partial charge is 0.481 e. The van der Waals surface area contributed by atoms with Crippen molar-refractivity contribution in [3.05, 3.63) is 0 Å². The monoisotopic (exact) mass is 289 g/mol. The highest BCUT2D eigenvalue weighted by atomic mass is 32.2. The predicted octanol–water partition coefficient (Wildman–Crippen LogP) is 0.181. The second-order valence-electron chi connectivity index (χ2n) is 5.50. The van der Waals surface area contributed by atoms with E-state index in [1.165, 1.54) is 0 Å². The van der Waals surface area contributed by atoms with Crippen molar-refractivity contribution in [3.63, 3.8) is 0 Å². The fourth-order valence-electron chi connectivity index (χ4n) is 2.83. The van der Waals surface area contributed by atoms with Gasteiger partial charge in [-0.05, 0) is 32.1 Å². The van der Waals surface area contributed by atoms with Gasteiger partial charge in [0.05, 0.1) is 17.4 Å². The Hall–Kier alpha value is -1.11. The summed E-state index contributed by atoms with van der Waals surface area (Å²) in [7, 11) is -2.98. The van der Waals surface area contributed by atoms with Gasteiger partial charge in [0.2, 0.25) is 5.91 Å². The third kappa shape index (κ3) is 3.68. The minimum absolute atomic E-state index is 0.0310. The summed E-state index contributed by atoms with van der Waals surface area (Å²) >= 11 is 0. The fraction of sp³-hybridized carbons (Fsp3) is 0.833. The van der Waals surface area contributed by atoms with Crippen molar-refractivity contribution >= 4 is 21.7 Å². The standard InChI is InChI=1S/C12H19NO5S/c14-11(13-10-5-6-19(17,18)7-10)8-1-3-9(4-2-8)12(15)16/h8-10H,1-7H2,(H,13,14)(H,15,16). The topological polar surface area (TPSA) is 101 Å². The molecule has 0 aromatic rings. The number of carbonyl (C=O) groups excluding carboxylic acids is 1. The first-order valence-corrected chi connectivity index (χ1v) is 8.43. The molecule has 1 saturated heterocycles. The van der Waals surface area contributed by atoms with Gasteiger partial charge in [0, 0.05) is 12.0 Å². The molecule has 2 rings (SSSR count). The van der Waals surface area contributed by atoms with Crippen molar-refractivity contribution < 1.29 is 23.1 Å². The molecule has 6 nitrogen and oxygen atoms in total. The molecule has 0 bridgehead atoms. The minimum Gasteiger partial charge on any atom is -0.481 e. The SMILES string of the molecule is O=C(O)C1CCC(C(=O)NC2CCS(=O)(=O)C2)CC1. The molecule has 1 aliphatic heterocycles. The lowest BCUT2D eigenvalue weighted by Gasteiger charge is -2.26. The average Bonchev–Trinajstić information content (AvgIpc) is 2.68. The van der Waals surface area contributed by atoms with Crippen LogP contribution in [-0.4, -0.2) is 42.9 Å². The Bertz CT molecular complexity index is 465. The molecular formula is C12H19NO5S. The molecule has 2 aliphatic rings. The average molecular weight is 289 g/mol. The quantitative estimate of drug-likeness (QED) is 0.772. The molecular weight excluding hydrogens is 270 g/mol.